The van der Waals surface area contributed by atoms with Crippen LogP contribution in [0.2, 0.25) is 0 Å². The highest BCUT2D eigenvalue weighted by atomic mass is 32.2. The van der Waals surface area contributed by atoms with Gasteiger partial charge in [-0.25, -0.2) is 12.8 Å². The molecule has 1 saturated heterocycles. The molecule has 0 radical (unpaired) electrons. The van der Waals surface area contributed by atoms with Crippen molar-refractivity contribution in [3.8, 4) is 5.75 Å². The van der Waals surface area contributed by atoms with Crippen LogP contribution in [0.15, 0.2) is 18.2 Å². The van der Waals surface area contributed by atoms with Crippen molar-refractivity contribution in [2.75, 3.05) is 25.7 Å². The first-order valence-electron chi connectivity index (χ1n) is 7.11. The van der Waals surface area contributed by atoms with Gasteiger partial charge in [0.2, 0.25) is 5.91 Å². The second-order valence-corrected chi connectivity index (χ2v) is 7.76. The van der Waals surface area contributed by atoms with E-state index in [4.69, 9.17) is 4.74 Å². The fraction of sp³-hybridized carbons (Fsp3) is 0.533. The third kappa shape index (κ3) is 3.97. The van der Waals surface area contributed by atoms with Gasteiger partial charge >= 0.3 is 0 Å². The summed E-state index contributed by atoms with van der Waals surface area (Å²) < 4.78 is 41.3. The molecule has 0 aliphatic carbocycles. The zero-order valence-electron chi connectivity index (χ0n) is 12.7. The molecule has 0 saturated carbocycles. The lowest BCUT2D eigenvalue weighted by Crippen LogP contribution is -2.37. The minimum Gasteiger partial charge on any atom is -0.494 e. The largest absolute Gasteiger partial charge is 0.494 e. The Morgan fingerprint density at radius 1 is 1.45 bits per heavy atom. The van der Waals surface area contributed by atoms with Crippen LogP contribution in [0, 0.1) is 5.82 Å². The van der Waals surface area contributed by atoms with Gasteiger partial charge in [0.15, 0.2) is 21.4 Å². The molecule has 0 bridgehead atoms. The van der Waals surface area contributed by atoms with Gasteiger partial charge in [-0.3, -0.25) is 4.79 Å². The van der Waals surface area contributed by atoms with Gasteiger partial charge in [0.1, 0.15) is 0 Å². The second-order valence-electron chi connectivity index (χ2n) is 5.53. The molecule has 2 rings (SSSR count). The number of amides is 1. The SMILES string of the molecule is COc1ccc(CCC(=O)N(C)C2CCS(=O)(=O)C2)cc1F. The summed E-state index contributed by atoms with van der Waals surface area (Å²) in [5.41, 5.74) is 0.707. The minimum atomic E-state index is -3.01. The maximum Gasteiger partial charge on any atom is 0.222 e. The van der Waals surface area contributed by atoms with E-state index in [1.54, 1.807) is 13.1 Å². The molecular formula is C15H20FNO4S. The highest BCUT2D eigenvalue weighted by Crippen LogP contribution is 2.20. The Labute approximate surface area is 130 Å². The number of carbonyl (C=O) groups excluding carboxylic acids is 1. The monoisotopic (exact) mass is 329 g/mol. The Morgan fingerprint density at radius 3 is 2.73 bits per heavy atom. The minimum absolute atomic E-state index is 0.0341. The lowest BCUT2D eigenvalue weighted by Gasteiger charge is -2.23. The van der Waals surface area contributed by atoms with Gasteiger partial charge in [-0.2, -0.15) is 0 Å². The van der Waals surface area contributed by atoms with Crippen LogP contribution < -0.4 is 4.74 Å². The summed E-state index contributed by atoms with van der Waals surface area (Å²) in [6.07, 6.45) is 1.12. The molecule has 1 aromatic carbocycles. The molecule has 1 atom stereocenters. The van der Waals surface area contributed by atoms with Gasteiger partial charge in [0.25, 0.3) is 0 Å². The van der Waals surface area contributed by atoms with Gasteiger partial charge in [0.05, 0.1) is 18.6 Å². The number of ether oxygens (including phenoxy) is 1. The number of aryl methyl sites for hydroxylation is 1. The van der Waals surface area contributed by atoms with Gasteiger partial charge in [0, 0.05) is 19.5 Å². The first-order valence-corrected chi connectivity index (χ1v) is 8.93. The molecule has 1 heterocycles. The van der Waals surface area contributed by atoms with Crippen molar-refractivity contribution in [2.24, 2.45) is 0 Å². The van der Waals surface area contributed by atoms with Crippen molar-refractivity contribution in [1.82, 2.24) is 4.90 Å². The molecule has 1 unspecified atom stereocenters. The number of methoxy groups -OCH3 is 1. The number of rotatable bonds is 5. The summed E-state index contributed by atoms with van der Waals surface area (Å²) in [6, 6.07) is 4.36. The number of benzene rings is 1. The van der Waals surface area contributed by atoms with Crippen LogP contribution >= 0.6 is 0 Å². The second kappa shape index (κ2) is 6.64. The van der Waals surface area contributed by atoms with E-state index >= 15 is 0 Å². The maximum absolute atomic E-state index is 13.6. The number of carbonyl (C=O) groups is 1. The first-order chi connectivity index (χ1) is 10.3. The highest BCUT2D eigenvalue weighted by molar-refractivity contribution is 7.91. The van der Waals surface area contributed by atoms with E-state index in [1.807, 2.05) is 0 Å². The van der Waals surface area contributed by atoms with Gasteiger partial charge < -0.3 is 9.64 Å². The van der Waals surface area contributed by atoms with Gasteiger partial charge in [-0.1, -0.05) is 6.07 Å². The van der Waals surface area contributed by atoms with Crippen molar-refractivity contribution in [1.29, 1.82) is 0 Å². The normalized spacial score (nSPS) is 19.9. The summed E-state index contributed by atoms with van der Waals surface area (Å²) in [5.74, 6) is -0.241. The summed E-state index contributed by atoms with van der Waals surface area (Å²) in [6.45, 7) is 0. The summed E-state index contributed by atoms with van der Waals surface area (Å²) >= 11 is 0. The van der Waals surface area contributed by atoms with E-state index in [0.29, 0.717) is 18.4 Å². The van der Waals surface area contributed by atoms with Crippen LogP contribution in [-0.4, -0.2) is 50.9 Å². The lowest BCUT2D eigenvalue weighted by atomic mass is 10.1. The van der Waals surface area contributed by atoms with E-state index < -0.39 is 15.7 Å². The summed E-state index contributed by atoms with van der Waals surface area (Å²) in [5, 5.41) is 0. The van der Waals surface area contributed by atoms with Crippen LogP contribution in [0.4, 0.5) is 4.39 Å². The van der Waals surface area contributed by atoms with Crippen LogP contribution in [0.3, 0.4) is 0 Å². The average Bonchev–Trinajstić information content (AvgIpc) is 2.84. The van der Waals surface area contributed by atoms with E-state index in [1.165, 1.54) is 24.1 Å². The topological polar surface area (TPSA) is 63.7 Å². The van der Waals surface area contributed by atoms with Crippen molar-refractivity contribution in [2.45, 2.75) is 25.3 Å². The van der Waals surface area contributed by atoms with Crippen molar-refractivity contribution < 1.29 is 22.3 Å². The van der Waals surface area contributed by atoms with Crippen LogP contribution in [0.1, 0.15) is 18.4 Å². The number of hydrogen-bond donors (Lipinski definition) is 0. The Bertz CT molecular complexity index is 660. The van der Waals surface area contributed by atoms with Crippen molar-refractivity contribution in [3.63, 3.8) is 0 Å². The van der Waals surface area contributed by atoms with Crippen molar-refractivity contribution in [3.05, 3.63) is 29.6 Å². The van der Waals surface area contributed by atoms with Crippen LogP contribution in [0.5, 0.6) is 5.75 Å². The molecule has 1 aliphatic rings. The molecule has 0 spiro atoms. The Hall–Kier alpha value is -1.63. The molecule has 22 heavy (non-hydrogen) atoms. The van der Waals surface area contributed by atoms with E-state index in [9.17, 15) is 17.6 Å². The smallest absolute Gasteiger partial charge is 0.222 e. The molecule has 1 amide bonds. The lowest BCUT2D eigenvalue weighted by molar-refractivity contribution is -0.131. The first kappa shape index (κ1) is 16.7. The Morgan fingerprint density at radius 2 is 2.18 bits per heavy atom. The van der Waals surface area contributed by atoms with E-state index in [-0.39, 0.29) is 35.6 Å². The highest BCUT2D eigenvalue weighted by Gasteiger charge is 2.32. The third-order valence-electron chi connectivity index (χ3n) is 3.99. The number of hydrogen-bond acceptors (Lipinski definition) is 4. The average molecular weight is 329 g/mol. The number of nitrogens with zero attached hydrogens (tertiary/aromatic N) is 1. The molecule has 122 valence electrons. The van der Waals surface area contributed by atoms with Crippen LogP contribution in [0.25, 0.3) is 0 Å². The fourth-order valence-electron chi connectivity index (χ4n) is 2.58. The van der Waals surface area contributed by atoms with Gasteiger partial charge in [-0.05, 0) is 30.5 Å². The number of sulfone groups is 1. The zero-order valence-corrected chi connectivity index (χ0v) is 13.5. The molecule has 0 aromatic heterocycles. The Balaban J connectivity index is 1.91. The molecule has 1 aliphatic heterocycles. The molecular weight excluding hydrogens is 309 g/mol. The standard InChI is InChI=1S/C15H20FNO4S/c1-17(12-7-8-22(19,20)10-12)15(18)6-4-11-3-5-14(21-2)13(16)9-11/h3,5,9,12H,4,6-8,10H2,1-2H3. The zero-order chi connectivity index (χ0) is 16.3. The number of halogens is 1. The predicted octanol–water partition coefficient (Wildman–Crippen LogP) is 1.41. The predicted molar refractivity (Wildman–Crippen MR) is 81.1 cm³/mol. The van der Waals surface area contributed by atoms with Crippen molar-refractivity contribution >= 4 is 15.7 Å². The molecule has 5 nitrogen and oxygen atoms in total. The summed E-state index contributed by atoms with van der Waals surface area (Å²) in [4.78, 5) is 13.6. The fourth-order valence-corrected chi connectivity index (χ4v) is 4.35. The maximum atomic E-state index is 13.6. The van der Waals surface area contributed by atoms with E-state index in [2.05, 4.69) is 0 Å². The van der Waals surface area contributed by atoms with Crippen LogP contribution in [-0.2, 0) is 21.1 Å². The molecule has 1 aromatic rings. The molecule has 7 heteroatoms. The third-order valence-corrected chi connectivity index (χ3v) is 5.74. The quantitative estimate of drug-likeness (QED) is 0.819. The Kier molecular flexibility index (Phi) is 5.05. The summed E-state index contributed by atoms with van der Waals surface area (Å²) in [7, 11) is 0.0107. The molecule has 1 fully saturated rings. The van der Waals surface area contributed by atoms with E-state index in [0.717, 1.165) is 0 Å². The van der Waals surface area contributed by atoms with Gasteiger partial charge in [-0.15, -0.1) is 0 Å². The molecule has 0 N–H and O–H groups in total.